The van der Waals surface area contributed by atoms with E-state index < -0.39 is 0 Å². The number of hydrogen-bond donors (Lipinski definition) is 0. The van der Waals surface area contributed by atoms with Crippen molar-refractivity contribution in [2.24, 2.45) is 0 Å². The number of hydrogen-bond acceptors (Lipinski definition) is 4. The Kier molecular flexibility index (Phi) is 8.68. The van der Waals surface area contributed by atoms with Crippen LogP contribution in [0.1, 0.15) is 28.8 Å². The summed E-state index contributed by atoms with van der Waals surface area (Å²) in [5, 5.41) is 0. The number of carbonyl (C=O) groups is 1. The zero-order valence-corrected chi connectivity index (χ0v) is 19.0. The third-order valence-electron chi connectivity index (χ3n) is 5.62. The average molecular weight is 422 g/mol. The van der Waals surface area contributed by atoms with Gasteiger partial charge < -0.3 is 14.5 Å². The van der Waals surface area contributed by atoms with Gasteiger partial charge in [-0.25, -0.2) is 0 Å². The van der Waals surface area contributed by atoms with Crippen LogP contribution in [0.4, 0.5) is 0 Å². The highest BCUT2D eigenvalue weighted by atomic mass is 16.5. The van der Waals surface area contributed by atoms with Gasteiger partial charge in [0, 0.05) is 45.3 Å². The molecule has 0 aliphatic carbocycles. The summed E-state index contributed by atoms with van der Waals surface area (Å²) in [5.41, 5.74) is 1.92. The van der Waals surface area contributed by atoms with E-state index in [1.807, 2.05) is 51.5 Å². The molecular weight excluding hydrogens is 386 g/mol. The smallest absolute Gasteiger partial charge is 0.253 e. The molecular formula is C26H35N3O2. The quantitative estimate of drug-likeness (QED) is 0.616. The second-order valence-corrected chi connectivity index (χ2v) is 8.49. The maximum atomic E-state index is 12.7. The van der Waals surface area contributed by atoms with Gasteiger partial charge in [0.25, 0.3) is 5.91 Å². The van der Waals surface area contributed by atoms with E-state index in [1.54, 1.807) is 4.90 Å². The first kappa shape index (κ1) is 23.0. The van der Waals surface area contributed by atoms with Crippen LogP contribution in [0.15, 0.2) is 60.7 Å². The predicted octanol–water partition coefficient (Wildman–Crippen LogP) is 3.88. The number of amides is 1. The van der Waals surface area contributed by atoms with Crippen LogP contribution in [-0.2, 0) is 0 Å². The van der Waals surface area contributed by atoms with Gasteiger partial charge in [-0.2, -0.15) is 0 Å². The number of nitrogens with zero attached hydrogens (tertiary/aromatic N) is 3. The molecule has 0 N–H and O–H groups in total. The Bertz CT molecular complexity index is 843. The summed E-state index contributed by atoms with van der Waals surface area (Å²) in [6.07, 6.45) is 6.62. The van der Waals surface area contributed by atoms with E-state index in [1.165, 1.54) is 5.56 Å². The molecule has 0 radical (unpaired) electrons. The minimum Gasteiger partial charge on any atom is -0.490 e. The van der Waals surface area contributed by atoms with E-state index in [9.17, 15) is 4.79 Å². The molecule has 1 amide bonds. The molecule has 0 saturated carbocycles. The monoisotopic (exact) mass is 421 g/mol. The maximum Gasteiger partial charge on any atom is 0.253 e. The molecule has 0 spiro atoms. The van der Waals surface area contributed by atoms with Gasteiger partial charge in [0.15, 0.2) is 0 Å². The van der Waals surface area contributed by atoms with Gasteiger partial charge in [0.05, 0.1) is 0 Å². The Labute approximate surface area is 186 Å². The number of piperidine rings is 1. The van der Waals surface area contributed by atoms with Crippen molar-refractivity contribution in [3.8, 4) is 5.75 Å². The van der Waals surface area contributed by atoms with E-state index in [4.69, 9.17) is 4.74 Å². The van der Waals surface area contributed by atoms with E-state index in [2.05, 4.69) is 46.2 Å². The number of rotatable bonds is 9. The molecule has 1 aliphatic heterocycles. The van der Waals surface area contributed by atoms with Crippen molar-refractivity contribution in [2.75, 3.05) is 53.9 Å². The fourth-order valence-electron chi connectivity index (χ4n) is 3.68. The van der Waals surface area contributed by atoms with Crippen LogP contribution in [0.25, 0.3) is 6.08 Å². The summed E-state index contributed by atoms with van der Waals surface area (Å²) < 4.78 is 6.22. The topological polar surface area (TPSA) is 36.0 Å². The van der Waals surface area contributed by atoms with Gasteiger partial charge in [-0.05, 0) is 50.7 Å². The second-order valence-electron chi connectivity index (χ2n) is 8.49. The van der Waals surface area contributed by atoms with Crippen molar-refractivity contribution in [3.63, 3.8) is 0 Å². The van der Waals surface area contributed by atoms with Crippen LogP contribution >= 0.6 is 0 Å². The molecule has 0 aromatic heterocycles. The highest BCUT2D eigenvalue weighted by Crippen LogP contribution is 2.21. The highest BCUT2D eigenvalue weighted by Gasteiger charge is 2.20. The predicted molar refractivity (Wildman–Crippen MR) is 128 cm³/mol. The lowest BCUT2D eigenvalue weighted by molar-refractivity contribution is 0.0784. The molecule has 1 saturated heterocycles. The Morgan fingerprint density at radius 1 is 1.03 bits per heavy atom. The van der Waals surface area contributed by atoms with Gasteiger partial charge in [-0.3, -0.25) is 9.69 Å². The van der Waals surface area contributed by atoms with E-state index in [-0.39, 0.29) is 12.0 Å². The number of likely N-dealkylation sites (tertiary alicyclic amines) is 1. The van der Waals surface area contributed by atoms with Crippen molar-refractivity contribution >= 4 is 12.0 Å². The third kappa shape index (κ3) is 7.53. The van der Waals surface area contributed by atoms with E-state index in [0.29, 0.717) is 12.1 Å². The van der Waals surface area contributed by atoms with Crippen LogP contribution in [0.3, 0.4) is 0 Å². The number of ether oxygens (including phenoxy) is 1. The largest absolute Gasteiger partial charge is 0.490 e. The maximum absolute atomic E-state index is 12.7. The summed E-state index contributed by atoms with van der Waals surface area (Å²) in [6, 6.07) is 18.0. The number of carbonyl (C=O) groups excluding carboxylic acids is 1. The van der Waals surface area contributed by atoms with Crippen LogP contribution in [-0.4, -0.2) is 80.6 Å². The van der Waals surface area contributed by atoms with Crippen molar-refractivity contribution in [1.29, 1.82) is 0 Å². The van der Waals surface area contributed by atoms with Gasteiger partial charge >= 0.3 is 0 Å². The van der Waals surface area contributed by atoms with Gasteiger partial charge in [0.2, 0.25) is 0 Å². The summed E-state index contributed by atoms with van der Waals surface area (Å²) in [5.74, 6) is 0.821. The summed E-state index contributed by atoms with van der Waals surface area (Å²) in [4.78, 5) is 19.0. The fraction of sp³-hybridized carbons (Fsp3) is 0.423. The molecule has 2 aromatic rings. The lowest BCUT2D eigenvalue weighted by Gasteiger charge is -2.31. The highest BCUT2D eigenvalue weighted by molar-refractivity contribution is 5.94. The minimum absolute atomic E-state index is 0.0346. The fourth-order valence-corrected chi connectivity index (χ4v) is 3.68. The minimum atomic E-state index is 0.0346. The average Bonchev–Trinajstić information content (AvgIpc) is 2.79. The third-order valence-corrected chi connectivity index (χ3v) is 5.62. The molecule has 5 heteroatoms. The Morgan fingerprint density at radius 3 is 2.48 bits per heavy atom. The zero-order valence-electron chi connectivity index (χ0n) is 19.0. The molecule has 31 heavy (non-hydrogen) atoms. The molecule has 2 aromatic carbocycles. The lowest BCUT2D eigenvalue weighted by atomic mass is 10.1. The molecule has 1 aliphatic rings. The van der Waals surface area contributed by atoms with Gasteiger partial charge in [-0.15, -0.1) is 0 Å². The molecule has 1 heterocycles. The summed E-state index contributed by atoms with van der Waals surface area (Å²) in [6.45, 7) is 4.56. The molecule has 0 unspecified atom stereocenters. The van der Waals surface area contributed by atoms with Crippen molar-refractivity contribution in [2.45, 2.75) is 18.9 Å². The van der Waals surface area contributed by atoms with Crippen LogP contribution in [0.2, 0.25) is 0 Å². The van der Waals surface area contributed by atoms with Gasteiger partial charge in [-0.1, -0.05) is 48.6 Å². The van der Waals surface area contributed by atoms with Gasteiger partial charge in [0.1, 0.15) is 11.9 Å². The number of benzene rings is 2. The molecule has 0 atom stereocenters. The lowest BCUT2D eigenvalue weighted by Crippen LogP contribution is -2.38. The van der Waals surface area contributed by atoms with E-state index in [0.717, 1.165) is 44.8 Å². The first-order valence-corrected chi connectivity index (χ1v) is 11.1. The summed E-state index contributed by atoms with van der Waals surface area (Å²) >= 11 is 0. The normalized spacial score (nSPS) is 15.5. The van der Waals surface area contributed by atoms with Crippen LogP contribution in [0, 0.1) is 0 Å². The van der Waals surface area contributed by atoms with Crippen LogP contribution in [0.5, 0.6) is 5.75 Å². The molecule has 1 fully saturated rings. The molecule has 3 rings (SSSR count). The standard InChI is InChI=1S/C26H35N3O2/c1-27(2)19-20-28(3)26(30)23-12-7-13-25(21-23)31-24-14-17-29(18-15-24)16-8-11-22-9-5-4-6-10-22/h4-13,21,24H,14-20H2,1-3H3. The van der Waals surface area contributed by atoms with Crippen molar-refractivity contribution in [3.05, 3.63) is 71.8 Å². The molecule has 5 nitrogen and oxygen atoms in total. The zero-order chi connectivity index (χ0) is 22.1. The SMILES string of the molecule is CN(C)CCN(C)C(=O)c1cccc(OC2CCN(CC=Cc3ccccc3)CC2)c1. The molecule has 166 valence electrons. The Morgan fingerprint density at radius 2 is 1.77 bits per heavy atom. The first-order valence-electron chi connectivity index (χ1n) is 11.1. The number of likely N-dealkylation sites (N-methyl/N-ethyl adjacent to an activating group) is 2. The van der Waals surface area contributed by atoms with Crippen molar-refractivity contribution in [1.82, 2.24) is 14.7 Å². The van der Waals surface area contributed by atoms with E-state index >= 15 is 0 Å². The summed E-state index contributed by atoms with van der Waals surface area (Å²) in [7, 11) is 5.87. The van der Waals surface area contributed by atoms with Crippen molar-refractivity contribution < 1.29 is 9.53 Å². The Balaban J connectivity index is 1.45. The van der Waals surface area contributed by atoms with Crippen LogP contribution < -0.4 is 4.74 Å². The second kappa shape index (κ2) is 11.7. The first-order chi connectivity index (χ1) is 15.0. The Hall–Kier alpha value is -2.63. The molecule has 0 bridgehead atoms.